The minimum absolute atomic E-state index is 0.0508. The Hall–Kier alpha value is -2.94. The fourth-order valence-electron chi connectivity index (χ4n) is 2.03. The highest BCUT2D eigenvalue weighted by Crippen LogP contribution is 2.17. The van der Waals surface area contributed by atoms with Crippen LogP contribution >= 0.6 is 0 Å². The molecule has 2 N–H and O–H groups in total. The zero-order valence-corrected chi connectivity index (χ0v) is 12.3. The maximum atomic E-state index is 13.4. The van der Waals surface area contributed by atoms with E-state index >= 15 is 0 Å². The summed E-state index contributed by atoms with van der Waals surface area (Å²) in [6.45, 7) is 0.675. The summed E-state index contributed by atoms with van der Waals surface area (Å²) in [6, 6.07) is 11.8. The van der Waals surface area contributed by atoms with Crippen LogP contribution in [0.1, 0.15) is 11.1 Å². The van der Waals surface area contributed by atoms with Crippen molar-refractivity contribution in [2.75, 3.05) is 18.4 Å². The molecule has 0 fully saturated rings. The fourth-order valence-corrected chi connectivity index (χ4v) is 2.03. The lowest BCUT2D eigenvalue weighted by molar-refractivity contribution is -0.120. The van der Waals surface area contributed by atoms with Gasteiger partial charge in [0.05, 0.1) is 12.1 Å². The van der Waals surface area contributed by atoms with Gasteiger partial charge in [-0.25, -0.2) is 8.78 Å². The smallest absolute Gasteiger partial charge is 0.224 e. The van der Waals surface area contributed by atoms with E-state index in [1.807, 2.05) is 0 Å². The number of nitriles is 1. The number of halogens is 2. The molecule has 2 rings (SSSR count). The molecular formula is C17H15F2N3O. The first-order valence-electron chi connectivity index (χ1n) is 7.04. The highest BCUT2D eigenvalue weighted by atomic mass is 19.1. The molecule has 0 saturated heterocycles. The van der Waals surface area contributed by atoms with Crippen LogP contribution in [0.3, 0.4) is 0 Å². The van der Waals surface area contributed by atoms with Crippen molar-refractivity contribution in [2.45, 2.75) is 6.42 Å². The minimum atomic E-state index is -0.585. The highest BCUT2D eigenvalue weighted by Gasteiger charge is 2.07. The maximum Gasteiger partial charge on any atom is 0.224 e. The van der Waals surface area contributed by atoms with Gasteiger partial charge in [-0.1, -0.05) is 18.2 Å². The Balaban J connectivity index is 1.77. The number of amides is 1. The Morgan fingerprint density at radius 2 is 1.83 bits per heavy atom. The molecule has 6 heteroatoms. The van der Waals surface area contributed by atoms with Gasteiger partial charge in [-0.2, -0.15) is 5.26 Å². The van der Waals surface area contributed by atoms with Gasteiger partial charge in [0.15, 0.2) is 0 Å². The molecule has 0 saturated carbocycles. The number of hydrogen-bond donors (Lipinski definition) is 2. The molecule has 0 atom stereocenters. The molecule has 0 aliphatic carbocycles. The van der Waals surface area contributed by atoms with E-state index in [4.69, 9.17) is 5.26 Å². The Morgan fingerprint density at radius 1 is 1.09 bits per heavy atom. The minimum Gasteiger partial charge on any atom is -0.382 e. The topological polar surface area (TPSA) is 64.9 Å². The van der Waals surface area contributed by atoms with Crippen LogP contribution in [0.5, 0.6) is 0 Å². The summed E-state index contributed by atoms with van der Waals surface area (Å²) >= 11 is 0. The molecule has 0 heterocycles. The summed E-state index contributed by atoms with van der Waals surface area (Å²) in [6.07, 6.45) is 0.156. The predicted octanol–water partition coefficient (Wildman–Crippen LogP) is 2.61. The standard InChI is InChI=1S/C17H15F2N3O/c18-13-6-4-12(5-7-13)10-17(23)22-9-8-21-16-3-1-2-15(19)14(16)11-20/h1-7,21H,8-10H2,(H,22,23). The molecule has 0 aliphatic heterocycles. The van der Waals surface area contributed by atoms with E-state index in [-0.39, 0.29) is 23.7 Å². The van der Waals surface area contributed by atoms with E-state index < -0.39 is 5.82 Å². The Bertz CT molecular complexity index is 724. The van der Waals surface area contributed by atoms with E-state index in [2.05, 4.69) is 10.6 Å². The summed E-state index contributed by atoms with van der Waals surface area (Å²) in [4.78, 5) is 11.7. The average Bonchev–Trinajstić information content (AvgIpc) is 2.54. The average molecular weight is 315 g/mol. The van der Waals surface area contributed by atoms with Crippen LogP contribution in [0.15, 0.2) is 42.5 Å². The molecule has 1 amide bonds. The monoisotopic (exact) mass is 315 g/mol. The summed E-state index contributed by atoms with van der Waals surface area (Å²) in [5.74, 6) is -1.13. The van der Waals surface area contributed by atoms with Crippen LogP contribution in [-0.4, -0.2) is 19.0 Å². The number of rotatable bonds is 6. The fraction of sp³-hybridized carbons (Fsp3) is 0.176. The lowest BCUT2D eigenvalue weighted by Crippen LogP contribution is -2.30. The van der Waals surface area contributed by atoms with Crippen LogP contribution in [-0.2, 0) is 11.2 Å². The third kappa shape index (κ3) is 4.78. The van der Waals surface area contributed by atoms with Gasteiger partial charge in [-0.15, -0.1) is 0 Å². The number of benzene rings is 2. The number of nitrogens with zero attached hydrogens (tertiary/aromatic N) is 1. The van der Waals surface area contributed by atoms with Gasteiger partial charge in [-0.3, -0.25) is 4.79 Å². The van der Waals surface area contributed by atoms with Crippen LogP contribution in [0.4, 0.5) is 14.5 Å². The Labute approximate surface area is 132 Å². The van der Waals surface area contributed by atoms with Crippen LogP contribution in [0.2, 0.25) is 0 Å². The number of carbonyl (C=O) groups is 1. The summed E-state index contributed by atoms with van der Waals surface area (Å²) in [5.41, 5.74) is 1.05. The lowest BCUT2D eigenvalue weighted by atomic mass is 10.1. The van der Waals surface area contributed by atoms with Crippen molar-refractivity contribution in [2.24, 2.45) is 0 Å². The van der Waals surface area contributed by atoms with Crippen molar-refractivity contribution >= 4 is 11.6 Å². The van der Waals surface area contributed by atoms with Gasteiger partial charge in [-0.05, 0) is 29.8 Å². The summed E-state index contributed by atoms with van der Waals surface area (Å²) in [5, 5.41) is 14.5. The first-order chi connectivity index (χ1) is 11.1. The van der Waals surface area contributed by atoms with Crippen LogP contribution in [0.25, 0.3) is 0 Å². The van der Waals surface area contributed by atoms with Crippen molar-refractivity contribution in [1.29, 1.82) is 5.26 Å². The van der Waals surface area contributed by atoms with Crippen molar-refractivity contribution in [3.05, 3.63) is 65.2 Å². The summed E-state index contributed by atoms with van der Waals surface area (Å²) < 4.78 is 26.2. The quantitative estimate of drug-likeness (QED) is 0.805. The van der Waals surface area contributed by atoms with Crippen molar-refractivity contribution in [3.8, 4) is 6.07 Å². The highest BCUT2D eigenvalue weighted by molar-refractivity contribution is 5.78. The number of anilines is 1. The van der Waals surface area contributed by atoms with Gasteiger partial charge in [0.1, 0.15) is 23.3 Å². The summed E-state index contributed by atoms with van der Waals surface area (Å²) in [7, 11) is 0. The second kappa shape index (κ2) is 7.90. The zero-order valence-electron chi connectivity index (χ0n) is 12.3. The van der Waals surface area contributed by atoms with E-state index in [0.717, 1.165) is 0 Å². The number of nitrogens with one attached hydrogen (secondary N) is 2. The zero-order chi connectivity index (χ0) is 16.7. The van der Waals surface area contributed by atoms with Crippen molar-refractivity contribution < 1.29 is 13.6 Å². The third-order valence-corrected chi connectivity index (χ3v) is 3.17. The molecule has 4 nitrogen and oxygen atoms in total. The van der Waals surface area contributed by atoms with Crippen LogP contribution in [0, 0.1) is 23.0 Å². The molecule has 2 aromatic carbocycles. The Kier molecular flexibility index (Phi) is 5.64. The first kappa shape index (κ1) is 16.4. The maximum absolute atomic E-state index is 13.4. The van der Waals surface area contributed by atoms with Gasteiger partial charge >= 0.3 is 0 Å². The molecule has 0 radical (unpaired) electrons. The van der Waals surface area contributed by atoms with Gasteiger partial charge in [0, 0.05) is 13.1 Å². The van der Waals surface area contributed by atoms with E-state index in [0.29, 0.717) is 24.3 Å². The SMILES string of the molecule is N#Cc1c(F)cccc1NCCNC(=O)Cc1ccc(F)cc1. The normalized spacial score (nSPS) is 9.96. The first-order valence-corrected chi connectivity index (χ1v) is 7.04. The van der Waals surface area contributed by atoms with E-state index in [1.54, 1.807) is 24.3 Å². The molecular weight excluding hydrogens is 300 g/mol. The molecule has 23 heavy (non-hydrogen) atoms. The number of hydrogen-bond acceptors (Lipinski definition) is 3. The lowest BCUT2D eigenvalue weighted by Gasteiger charge is -2.09. The second-order valence-electron chi connectivity index (χ2n) is 4.85. The predicted molar refractivity (Wildman–Crippen MR) is 82.7 cm³/mol. The largest absolute Gasteiger partial charge is 0.382 e. The third-order valence-electron chi connectivity index (χ3n) is 3.17. The van der Waals surface area contributed by atoms with Crippen molar-refractivity contribution in [3.63, 3.8) is 0 Å². The van der Waals surface area contributed by atoms with Gasteiger partial charge in [0.2, 0.25) is 5.91 Å². The molecule has 2 aromatic rings. The van der Waals surface area contributed by atoms with Gasteiger partial charge in [0.25, 0.3) is 0 Å². The van der Waals surface area contributed by atoms with Gasteiger partial charge < -0.3 is 10.6 Å². The molecule has 0 aromatic heterocycles. The second-order valence-corrected chi connectivity index (χ2v) is 4.85. The van der Waals surface area contributed by atoms with Crippen molar-refractivity contribution in [1.82, 2.24) is 5.32 Å². The number of carbonyl (C=O) groups excluding carboxylic acids is 1. The van der Waals surface area contributed by atoms with E-state index in [1.165, 1.54) is 24.3 Å². The molecule has 0 aliphatic rings. The van der Waals surface area contributed by atoms with E-state index in [9.17, 15) is 13.6 Å². The molecule has 0 bridgehead atoms. The van der Waals surface area contributed by atoms with Crippen LogP contribution < -0.4 is 10.6 Å². The molecule has 0 unspecified atom stereocenters. The molecule has 118 valence electrons. The molecule has 0 spiro atoms. The Morgan fingerprint density at radius 3 is 2.52 bits per heavy atom.